The van der Waals surface area contributed by atoms with Crippen molar-refractivity contribution in [2.24, 2.45) is 5.92 Å². The molecule has 0 amide bonds. The Balaban J connectivity index is 1.64. The number of rotatable bonds is 5. The molecule has 3 aromatic rings. The lowest BCUT2D eigenvalue weighted by atomic mass is 10.1. The van der Waals surface area contributed by atoms with Crippen molar-refractivity contribution in [2.75, 3.05) is 25.0 Å². The maximum atomic E-state index is 13.3. The highest BCUT2D eigenvalue weighted by atomic mass is 19.4. The zero-order valence-electron chi connectivity index (χ0n) is 14.9. The molecule has 3 heterocycles. The summed E-state index contributed by atoms with van der Waals surface area (Å²) in [7, 11) is 0. The van der Waals surface area contributed by atoms with Crippen LogP contribution in [0.1, 0.15) is 17.5 Å². The van der Waals surface area contributed by atoms with Crippen molar-refractivity contribution >= 4 is 17.1 Å². The summed E-state index contributed by atoms with van der Waals surface area (Å²) in [5.74, 6) is 0.808. The fraction of sp³-hybridized carbons (Fsp3) is 0.389. The van der Waals surface area contributed by atoms with E-state index in [4.69, 9.17) is 0 Å². The van der Waals surface area contributed by atoms with Crippen molar-refractivity contribution < 1.29 is 13.2 Å². The molecule has 0 aliphatic carbocycles. The predicted octanol–water partition coefficient (Wildman–Crippen LogP) is 2.21. The van der Waals surface area contributed by atoms with Crippen molar-refractivity contribution in [2.45, 2.75) is 19.1 Å². The van der Waals surface area contributed by atoms with Crippen LogP contribution < -0.4 is 16.3 Å². The molecule has 28 heavy (non-hydrogen) atoms. The van der Waals surface area contributed by atoms with Crippen LogP contribution in [-0.2, 0) is 12.7 Å². The average molecular weight is 392 g/mol. The van der Waals surface area contributed by atoms with Crippen LogP contribution in [0.4, 0.5) is 19.1 Å². The van der Waals surface area contributed by atoms with E-state index in [2.05, 4.69) is 25.6 Å². The van der Waals surface area contributed by atoms with Crippen molar-refractivity contribution in [3.8, 4) is 0 Å². The molecular formula is C18H19F3N6O. The number of H-pyrrole nitrogens is 1. The van der Waals surface area contributed by atoms with Gasteiger partial charge in [0, 0.05) is 6.54 Å². The second-order valence-corrected chi connectivity index (χ2v) is 6.84. The number of hydrogen-bond acceptors (Lipinski definition) is 5. The Morgan fingerprint density at radius 1 is 1.29 bits per heavy atom. The number of alkyl halides is 3. The van der Waals surface area contributed by atoms with Gasteiger partial charge in [0.05, 0.1) is 18.3 Å². The van der Waals surface area contributed by atoms with E-state index >= 15 is 0 Å². The fourth-order valence-electron chi connectivity index (χ4n) is 3.41. The Morgan fingerprint density at radius 3 is 2.86 bits per heavy atom. The molecule has 0 spiro atoms. The van der Waals surface area contributed by atoms with Gasteiger partial charge in [-0.1, -0.05) is 18.2 Å². The minimum absolute atomic E-state index is 0.00292. The standard InChI is InChI=1S/C18H19F3N6O/c19-18(20,21)13-4-2-1-3-12(13)10-27-15-14(25-17(27)28)9-24-16(26-15)23-8-11-5-6-22-7-11/h1-4,9,11,22H,5-8,10H2,(H,25,28)(H,23,24,26)/t11-/m1/s1. The summed E-state index contributed by atoms with van der Waals surface area (Å²) >= 11 is 0. The molecule has 0 saturated carbocycles. The molecule has 0 radical (unpaired) electrons. The van der Waals surface area contributed by atoms with Gasteiger partial charge in [-0.15, -0.1) is 0 Å². The molecule has 148 valence electrons. The molecule has 2 aromatic heterocycles. The molecule has 1 aromatic carbocycles. The lowest BCUT2D eigenvalue weighted by Crippen LogP contribution is -2.21. The van der Waals surface area contributed by atoms with Gasteiger partial charge in [0.1, 0.15) is 5.52 Å². The van der Waals surface area contributed by atoms with Gasteiger partial charge >= 0.3 is 11.9 Å². The van der Waals surface area contributed by atoms with E-state index in [1.54, 1.807) is 0 Å². The van der Waals surface area contributed by atoms with E-state index in [-0.39, 0.29) is 17.8 Å². The van der Waals surface area contributed by atoms with Crippen LogP contribution in [0.3, 0.4) is 0 Å². The summed E-state index contributed by atoms with van der Waals surface area (Å²) in [5.41, 5.74) is -0.648. The summed E-state index contributed by atoms with van der Waals surface area (Å²) in [4.78, 5) is 23.4. The minimum Gasteiger partial charge on any atom is -0.354 e. The zero-order valence-corrected chi connectivity index (χ0v) is 14.9. The Hall–Kier alpha value is -2.88. The molecule has 0 bridgehead atoms. The van der Waals surface area contributed by atoms with Gasteiger partial charge in [0.15, 0.2) is 5.65 Å². The largest absolute Gasteiger partial charge is 0.416 e. The van der Waals surface area contributed by atoms with E-state index in [0.717, 1.165) is 25.6 Å². The van der Waals surface area contributed by atoms with E-state index in [9.17, 15) is 18.0 Å². The Bertz CT molecular complexity index is 1040. The number of halogens is 3. The molecule has 1 fully saturated rings. The molecule has 0 unspecified atom stereocenters. The third-order valence-electron chi connectivity index (χ3n) is 4.87. The first-order valence-corrected chi connectivity index (χ1v) is 8.97. The maximum absolute atomic E-state index is 13.3. The molecule has 1 aliphatic heterocycles. The monoisotopic (exact) mass is 392 g/mol. The Labute approximate surface area is 158 Å². The second-order valence-electron chi connectivity index (χ2n) is 6.84. The lowest BCUT2D eigenvalue weighted by Gasteiger charge is -2.13. The van der Waals surface area contributed by atoms with Gasteiger partial charge in [-0.05, 0) is 37.1 Å². The normalized spacial score (nSPS) is 17.3. The van der Waals surface area contributed by atoms with Crippen LogP contribution >= 0.6 is 0 Å². The Morgan fingerprint density at radius 2 is 2.11 bits per heavy atom. The number of benzene rings is 1. The number of imidazole rings is 1. The average Bonchev–Trinajstić information content (AvgIpc) is 3.28. The maximum Gasteiger partial charge on any atom is 0.416 e. The topological polar surface area (TPSA) is 87.6 Å². The Kier molecular flexibility index (Phi) is 4.80. The molecule has 4 rings (SSSR count). The number of hydrogen-bond donors (Lipinski definition) is 3. The van der Waals surface area contributed by atoms with Gasteiger partial charge in [-0.25, -0.2) is 9.78 Å². The lowest BCUT2D eigenvalue weighted by molar-refractivity contribution is -0.138. The minimum atomic E-state index is -4.50. The fourth-order valence-corrected chi connectivity index (χ4v) is 3.41. The molecule has 1 saturated heterocycles. The van der Waals surface area contributed by atoms with Crippen molar-refractivity contribution in [1.82, 2.24) is 24.8 Å². The highest BCUT2D eigenvalue weighted by Crippen LogP contribution is 2.32. The highest BCUT2D eigenvalue weighted by molar-refractivity contribution is 5.71. The van der Waals surface area contributed by atoms with E-state index in [1.165, 1.54) is 29.0 Å². The van der Waals surface area contributed by atoms with Crippen molar-refractivity contribution in [1.29, 1.82) is 0 Å². The third kappa shape index (κ3) is 3.72. The summed E-state index contributed by atoms with van der Waals surface area (Å²) in [6, 6.07) is 5.21. The number of aromatic nitrogens is 4. The first-order valence-electron chi connectivity index (χ1n) is 8.97. The van der Waals surface area contributed by atoms with Crippen LogP contribution in [0, 0.1) is 5.92 Å². The number of fused-ring (bicyclic) bond motifs is 1. The summed E-state index contributed by atoms with van der Waals surface area (Å²) in [5, 5.41) is 6.42. The van der Waals surface area contributed by atoms with Crippen LogP contribution in [0.15, 0.2) is 35.3 Å². The second kappa shape index (κ2) is 7.27. The van der Waals surface area contributed by atoms with E-state index in [0.29, 0.717) is 23.9 Å². The molecular weight excluding hydrogens is 373 g/mol. The summed E-state index contributed by atoms with van der Waals surface area (Å²) in [6.45, 7) is 2.34. The van der Waals surface area contributed by atoms with Gasteiger partial charge in [0.2, 0.25) is 5.95 Å². The number of nitrogens with one attached hydrogen (secondary N) is 3. The zero-order chi connectivity index (χ0) is 19.7. The van der Waals surface area contributed by atoms with Crippen LogP contribution in [0.25, 0.3) is 11.2 Å². The molecule has 10 heteroatoms. The molecule has 1 atom stereocenters. The quantitative estimate of drug-likeness (QED) is 0.620. The highest BCUT2D eigenvalue weighted by Gasteiger charge is 2.33. The van der Waals surface area contributed by atoms with Gasteiger partial charge in [0.25, 0.3) is 0 Å². The number of anilines is 1. The van der Waals surface area contributed by atoms with Gasteiger partial charge in [-0.2, -0.15) is 18.2 Å². The SMILES string of the molecule is O=c1[nH]c2cnc(NC[C@@H]3CCNC3)nc2n1Cc1ccccc1C(F)(F)F. The summed E-state index contributed by atoms with van der Waals surface area (Å²) in [6.07, 6.45) is -1.98. The predicted molar refractivity (Wildman–Crippen MR) is 98.2 cm³/mol. The van der Waals surface area contributed by atoms with Crippen LogP contribution in [0.2, 0.25) is 0 Å². The van der Waals surface area contributed by atoms with Gasteiger partial charge < -0.3 is 15.6 Å². The first kappa shape index (κ1) is 18.5. The molecule has 1 aliphatic rings. The first-order chi connectivity index (χ1) is 13.4. The van der Waals surface area contributed by atoms with E-state index < -0.39 is 17.4 Å². The summed E-state index contributed by atoms with van der Waals surface area (Å²) < 4.78 is 41.0. The van der Waals surface area contributed by atoms with Crippen LogP contribution in [0.5, 0.6) is 0 Å². The van der Waals surface area contributed by atoms with E-state index in [1.807, 2.05) is 0 Å². The van der Waals surface area contributed by atoms with Crippen molar-refractivity contribution in [3.05, 3.63) is 52.1 Å². The smallest absolute Gasteiger partial charge is 0.354 e. The van der Waals surface area contributed by atoms with Crippen molar-refractivity contribution in [3.63, 3.8) is 0 Å². The van der Waals surface area contributed by atoms with Crippen LogP contribution in [-0.4, -0.2) is 39.2 Å². The third-order valence-corrected chi connectivity index (χ3v) is 4.87. The molecule has 7 nitrogen and oxygen atoms in total. The molecule has 3 N–H and O–H groups in total. The number of aromatic amines is 1. The number of nitrogens with zero attached hydrogens (tertiary/aromatic N) is 3. The van der Waals surface area contributed by atoms with Gasteiger partial charge in [-0.3, -0.25) is 4.57 Å².